The molecule has 0 N–H and O–H groups in total. The van der Waals surface area contributed by atoms with E-state index in [-0.39, 0.29) is 12.4 Å². The first kappa shape index (κ1) is 10.7. The van der Waals surface area contributed by atoms with Crippen molar-refractivity contribution in [3.63, 3.8) is 0 Å². The van der Waals surface area contributed by atoms with Gasteiger partial charge in [-0.05, 0) is 35.0 Å². The van der Waals surface area contributed by atoms with Gasteiger partial charge in [-0.3, -0.25) is 0 Å². The fraction of sp³-hybridized carbons (Fsp3) is 0.154. The molecule has 5 nitrogen and oxygen atoms in total. The Labute approximate surface area is 102 Å². The van der Waals surface area contributed by atoms with Gasteiger partial charge in [-0.2, -0.15) is 0 Å². The third kappa shape index (κ3) is 1.52. The van der Waals surface area contributed by atoms with Gasteiger partial charge in [-0.15, -0.1) is 0 Å². The van der Waals surface area contributed by atoms with Crippen LogP contribution in [0.4, 0.5) is 0 Å². The highest BCUT2D eigenvalue weighted by Gasteiger charge is 2.16. The molecule has 0 amide bonds. The molecular formula is C13H9O5-. The Bertz CT molecular complexity index is 647. The van der Waals surface area contributed by atoms with E-state index in [0.717, 1.165) is 0 Å². The molecule has 0 unspecified atom stereocenters. The molecule has 2 aromatic carbocycles. The smallest absolute Gasteiger partial charge is 0.231 e. The van der Waals surface area contributed by atoms with Crippen molar-refractivity contribution in [2.24, 2.45) is 0 Å². The summed E-state index contributed by atoms with van der Waals surface area (Å²) in [6, 6.07) is 6.54. The number of hydrogen-bond donors (Lipinski definition) is 0. The molecule has 0 saturated heterocycles. The van der Waals surface area contributed by atoms with E-state index in [1.807, 2.05) is 0 Å². The Hall–Kier alpha value is -2.43. The fourth-order valence-electron chi connectivity index (χ4n) is 2.01. The van der Waals surface area contributed by atoms with Crippen molar-refractivity contribution < 1.29 is 24.1 Å². The summed E-state index contributed by atoms with van der Waals surface area (Å²) in [5.74, 6) is 0.341. The molecule has 0 saturated carbocycles. The molecule has 1 aliphatic rings. The van der Waals surface area contributed by atoms with Gasteiger partial charge >= 0.3 is 0 Å². The van der Waals surface area contributed by atoms with Crippen LogP contribution in [0.3, 0.4) is 0 Å². The molecule has 0 fully saturated rings. The number of carboxylic acid groups (broad SMARTS) is 1. The molecule has 0 aliphatic carbocycles. The van der Waals surface area contributed by atoms with Crippen molar-refractivity contribution in [2.75, 3.05) is 13.9 Å². The zero-order chi connectivity index (χ0) is 12.7. The quantitative estimate of drug-likeness (QED) is 0.787. The standard InChI is InChI=1S/C13H10O5/c1-16-8-2-7-3-11-12(18-6-17-11)5-9(7)10(4-8)13(14)15/h2-5H,6H2,1H3,(H,14,15)/p-1. The molecule has 92 valence electrons. The molecule has 1 heterocycles. The highest BCUT2D eigenvalue weighted by molar-refractivity contribution is 6.04. The van der Waals surface area contributed by atoms with E-state index >= 15 is 0 Å². The van der Waals surface area contributed by atoms with Crippen LogP contribution in [0.1, 0.15) is 10.4 Å². The molecule has 1 aliphatic heterocycles. The Balaban J connectivity index is 2.34. The summed E-state index contributed by atoms with van der Waals surface area (Å²) >= 11 is 0. The van der Waals surface area contributed by atoms with Crippen molar-refractivity contribution in [1.82, 2.24) is 0 Å². The van der Waals surface area contributed by atoms with Crippen molar-refractivity contribution >= 4 is 16.7 Å². The number of hydrogen-bond acceptors (Lipinski definition) is 5. The van der Waals surface area contributed by atoms with E-state index in [2.05, 4.69) is 0 Å². The Kier molecular flexibility index (Phi) is 2.26. The van der Waals surface area contributed by atoms with E-state index < -0.39 is 5.97 Å². The molecule has 0 bridgehead atoms. The van der Waals surface area contributed by atoms with Crippen molar-refractivity contribution in [1.29, 1.82) is 0 Å². The molecule has 5 heteroatoms. The van der Waals surface area contributed by atoms with Gasteiger partial charge in [0.15, 0.2) is 11.5 Å². The number of benzene rings is 2. The van der Waals surface area contributed by atoms with E-state index in [1.54, 1.807) is 18.2 Å². The first-order valence-electron chi connectivity index (χ1n) is 5.32. The summed E-state index contributed by atoms with van der Waals surface area (Å²) in [4.78, 5) is 11.1. The van der Waals surface area contributed by atoms with Crippen LogP contribution in [0.25, 0.3) is 10.8 Å². The van der Waals surface area contributed by atoms with E-state index in [0.29, 0.717) is 28.0 Å². The monoisotopic (exact) mass is 245 g/mol. The maximum absolute atomic E-state index is 11.1. The molecule has 0 radical (unpaired) electrons. The van der Waals surface area contributed by atoms with Gasteiger partial charge in [0.05, 0.1) is 13.1 Å². The Morgan fingerprint density at radius 3 is 2.61 bits per heavy atom. The lowest BCUT2D eigenvalue weighted by Gasteiger charge is -2.11. The second-order valence-electron chi connectivity index (χ2n) is 3.89. The van der Waals surface area contributed by atoms with Gasteiger partial charge in [-0.25, -0.2) is 0 Å². The summed E-state index contributed by atoms with van der Waals surface area (Å²) in [6.45, 7) is 0.142. The molecule has 18 heavy (non-hydrogen) atoms. The molecule has 0 atom stereocenters. The molecule has 0 aromatic heterocycles. The van der Waals surface area contributed by atoms with Crippen LogP contribution < -0.4 is 19.3 Å². The number of carboxylic acids is 1. The molecular weight excluding hydrogens is 236 g/mol. The second-order valence-corrected chi connectivity index (χ2v) is 3.89. The summed E-state index contributed by atoms with van der Waals surface area (Å²) in [6.07, 6.45) is 0. The Morgan fingerprint density at radius 2 is 1.94 bits per heavy atom. The van der Waals surface area contributed by atoms with Gasteiger partial charge in [0.1, 0.15) is 5.75 Å². The number of aromatic carboxylic acids is 1. The second kappa shape index (κ2) is 3.80. The number of rotatable bonds is 2. The normalized spacial score (nSPS) is 12.7. The minimum Gasteiger partial charge on any atom is -0.545 e. The fourth-order valence-corrected chi connectivity index (χ4v) is 2.01. The van der Waals surface area contributed by atoms with Crippen LogP contribution in [0.15, 0.2) is 24.3 Å². The average molecular weight is 245 g/mol. The number of fused-ring (bicyclic) bond motifs is 2. The number of carbonyl (C=O) groups is 1. The van der Waals surface area contributed by atoms with Crippen molar-refractivity contribution in [3.05, 3.63) is 29.8 Å². The van der Waals surface area contributed by atoms with Gasteiger partial charge in [0.25, 0.3) is 0 Å². The summed E-state index contributed by atoms with van der Waals surface area (Å²) in [7, 11) is 1.48. The third-order valence-electron chi connectivity index (χ3n) is 2.87. The predicted octanol–water partition coefficient (Wildman–Crippen LogP) is 0.941. The Morgan fingerprint density at radius 1 is 1.22 bits per heavy atom. The maximum Gasteiger partial charge on any atom is 0.231 e. The number of methoxy groups -OCH3 is 1. The zero-order valence-electron chi connectivity index (χ0n) is 9.56. The van der Waals surface area contributed by atoms with Crippen LogP contribution in [0.2, 0.25) is 0 Å². The van der Waals surface area contributed by atoms with Crippen molar-refractivity contribution in [2.45, 2.75) is 0 Å². The van der Waals surface area contributed by atoms with Gasteiger partial charge < -0.3 is 24.1 Å². The molecule has 0 spiro atoms. The third-order valence-corrected chi connectivity index (χ3v) is 2.87. The lowest BCUT2D eigenvalue weighted by molar-refractivity contribution is -0.254. The van der Waals surface area contributed by atoms with Crippen LogP contribution in [-0.2, 0) is 0 Å². The van der Waals surface area contributed by atoms with Crippen LogP contribution >= 0.6 is 0 Å². The van der Waals surface area contributed by atoms with Crippen LogP contribution in [-0.4, -0.2) is 19.9 Å². The lowest BCUT2D eigenvalue weighted by atomic mass is 10.0. The summed E-state index contributed by atoms with van der Waals surface area (Å²) < 4.78 is 15.6. The molecule has 3 rings (SSSR count). The first-order chi connectivity index (χ1) is 8.69. The highest BCUT2D eigenvalue weighted by atomic mass is 16.7. The van der Waals surface area contributed by atoms with Gasteiger partial charge in [0, 0.05) is 5.56 Å². The minimum absolute atomic E-state index is 0.0719. The zero-order valence-corrected chi connectivity index (χ0v) is 9.56. The van der Waals surface area contributed by atoms with E-state index in [1.165, 1.54) is 13.2 Å². The highest BCUT2D eigenvalue weighted by Crippen LogP contribution is 2.38. The van der Waals surface area contributed by atoms with Crippen molar-refractivity contribution in [3.8, 4) is 17.2 Å². The summed E-state index contributed by atoms with van der Waals surface area (Å²) in [5, 5.41) is 12.4. The largest absolute Gasteiger partial charge is 0.545 e. The topological polar surface area (TPSA) is 67.8 Å². The van der Waals surface area contributed by atoms with Gasteiger partial charge in [-0.1, -0.05) is 0 Å². The minimum atomic E-state index is -1.25. The predicted molar refractivity (Wildman–Crippen MR) is 61.0 cm³/mol. The summed E-state index contributed by atoms with van der Waals surface area (Å²) in [5.41, 5.74) is 0.0719. The molecule has 2 aromatic rings. The number of ether oxygens (including phenoxy) is 3. The van der Waals surface area contributed by atoms with Gasteiger partial charge in [0.2, 0.25) is 6.79 Å². The van der Waals surface area contributed by atoms with Crippen LogP contribution in [0, 0.1) is 0 Å². The van der Waals surface area contributed by atoms with Crippen LogP contribution in [0.5, 0.6) is 17.2 Å². The van der Waals surface area contributed by atoms with E-state index in [9.17, 15) is 9.90 Å². The SMILES string of the molecule is COc1cc(C(=O)[O-])c2cc3c(cc2c1)OCO3. The van der Waals surface area contributed by atoms with E-state index in [4.69, 9.17) is 14.2 Å². The number of carbonyl (C=O) groups excluding carboxylic acids is 1. The first-order valence-corrected chi connectivity index (χ1v) is 5.32. The lowest BCUT2D eigenvalue weighted by Crippen LogP contribution is -2.22. The average Bonchev–Trinajstić information content (AvgIpc) is 2.81. The maximum atomic E-state index is 11.1.